The van der Waals surface area contributed by atoms with E-state index < -0.39 is 0 Å². The Bertz CT molecular complexity index is 1330. The predicted octanol–water partition coefficient (Wildman–Crippen LogP) is 4.33. The van der Waals surface area contributed by atoms with Crippen molar-refractivity contribution in [3.05, 3.63) is 72.3 Å². The maximum absolute atomic E-state index is 12.8. The summed E-state index contributed by atoms with van der Waals surface area (Å²) in [6.45, 7) is 6.18. The second-order valence-electron chi connectivity index (χ2n) is 11.1. The Labute approximate surface area is 241 Å². The number of amides is 2. The zero-order valence-electron chi connectivity index (χ0n) is 23.3. The molecule has 0 saturated carbocycles. The number of carbonyl (C=O) groups excluding carboxylic acids is 2. The van der Waals surface area contributed by atoms with Gasteiger partial charge in [-0.3, -0.25) is 9.59 Å². The minimum Gasteiger partial charge on any atom is -0.490 e. The molecule has 1 spiro atoms. The molecule has 1 N–H and O–H groups in total. The van der Waals surface area contributed by atoms with Crippen LogP contribution in [0.4, 0.5) is 0 Å². The van der Waals surface area contributed by atoms with Crippen LogP contribution < -0.4 is 4.74 Å². The number of rotatable bonds is 7. The normalized spacial score (nSPS) is 20.7. The molecule has 0 aromatic heterocycles. The average Bonchev–Trinajstić information content (AvgIpc) is 3.42. The SMILES string of the molecule is C=CC(=O)N1CCC(Oc2ccc(-c3ccc(C=CC(=O)N4CCC5(CC[C@H](CO)O5)CC4)cc3)c(C#N)c2)CC1. The van der Waals surface area contributed by atoms with Crippen LogP contribution in [0.2, 0.25) is 0 Å². The lowest BCUT2D eigenvalue weighted by Crippen LogP contribution is -2.46. The number of nitrogens with zero attached hydrogens (tertiary/aromatic N) is 3. The Morgan fingerprint density at radius 3 is 2.37 bits per heavy atom. The fourth-order valence-electron chi connectivity index (χ4n) is 6.03. The van der Waals surface area contributed by atoms with Crippen molar-refractivity contribution < 1.29 is 24.2 Å². The molecule has 3 heterocycles. The van der Waals surface area contributed by atoms with Crippen LogP contribution >= 0.6 is 0 Å². The highest BCUT2D eigenvalue weighted by Gasteiger charge is 2.42. The van der Waals surface area contributed by atoms with E-state index in [0.717, 1.165) is 55.2 Å². The number of aliphatic hydroxyl groups excluding tert-OH is 1. The fraction of sp³-hybridized carbons (Fsp3) is 0.424. The van der Waals surface area contributed by atoms with Crippen LogP contribution in [-0.4, -0.2) is 77.3 Å². The van der Waals surface area contributed by atoms with Gasteiger partial charge < -0.3 is 24.4 Å². The van der Waals surface area contributed by atoms with E-state index in [1.807, 2.05) is 47.4 Å². The summed E-state index contributed by atoms with van der Waals surface area (Å²) in [5.74, 6) is 0.578. The van der Waals surface area contributed by atoms with Crippen LogP contribution in [-0.2, 0) is 14.3 Å². The number of nitriles is 1. The Balaban J connectivity index is 1.15. The molecular weight excluding hydrogens is 518 g/mol. The number of carbonyl (C=O) groups is 2. The minimum absolute atomic E-state index is 0.00393. The Morgan fingerprint density at radius 1 is 1.02 bits per heavy atom. The maximum atomic E-state index is 12.8. The van der Waals surface area contributed by atoms with Gasteiger partial charge in [-0.1, -0.05) is 30.8 Å². The van der Waals surface area contributed by atoms with Gasteiger partial charge in [-0.15, -0.1) is 0 Å². The van der Waals surface area contributed by atoms with Crippen molar-refractivity contribution in [1.29, 1.82) is 5.26 Å². The quantitative estimate of drug-likeness (QED) is 0.511. The molecule has 1 atom stereocenters. The van der Waals surface area contributed by atoms with Crippen LogP contribution in [0.15, 0.2) is 61.2 Å². The number of aliphatic hydroxyl groups is 1. The summed E-state index contributed by atoms with van der Waals surface area (Å²) < 4.78 is 12.2. The van der Waals surface area contributed by atoms with Crippen LogP contribution in [0.5, 0.6) is 5.75 Å². The molecule has 3 fully saturated rings. The van der Waals surface area contributed by atoms with Gasteiger partial charge in [0.2, 0.25) is 11.8 Å². The molecule has 3 aliphatic rings. The van der Waals surface area contributed by atoms with Crippen molar-refractivity contribution >= 4 is 17.9 Å². The number of benzene rings is 2. The van der Waals surface area contributed by atoms with Gasteiger partial charge >= 0.3 is 0 Å². The molecular formula is C33H37N3O5. The van der Waals surface area contributed by atoms with Gasteiger partial charge in [0.15, 0.2) is 0 Å². The largest absolute Gasteiger partial charge is 0.490 e. The first-order valence-corrected chi connectivity index (χ1v) is 14.4. The third-order valence-corrected chi connectivity index (χ3v) is 8.51. The first-order chi connectivity index (χ1) is 19.9. The van der Waals surface area contributed by atoms with Crippen molar-refractivity contribution in [2.24, 2.45) is 0 Å². The van der Waals surface area contributed by atoms with Crippen molar-refractivity contribution in [3.63, 3.8) is 0 Å². The lowest BCUT2D eigenvalue weighted by Gasteiger charge is -2.38. The van der Waals surface area contributed by atoms with Crippen LogP contribution in [0.3, 0.4) is 0 Å². The molecule has 214 valence electrons. The van der Waals surface area contributed by atoms with E-state index in [1.54, 1.807) is 17.0 Å². The summed E-state index contributed by atoms with van der Waals surface area (Å²) in [4.78, 5) is 28.2. The standard InChI is InChI=1S/C33H37N3O5/c1-2-31(38)35-17-12-27(13-18-35)40-28-8-9-30(26(21-28)22-34)25-6-3-24(4-7-25)5-10-32(39)36-19-15-33(16-20-36)14-11-29(23-37)41-33/h2-10,21,27,29,37H,1,11-20,23H2/t29-/m1/s1. The van der Waals surface area contributed by atoms with E-state index >= 15 is 0 Å². The molecule has 8 nitrogen and oxygen atoms in total. The molecule has 0 radical (unpaired) electrons. The van der Waals surface area contributed by atoms with Gasteiger partial charge in [0.05, 0.1) is 29.9 Å². The summed E-state index contributed by atoms with van der Waals surface area (Å²) in [6.07, 6.45) is 9.61. The molecule has 5 rings (SSSR count). The molecule has 41 heavy (non-hydrogen) atoms. The predicted molar refractivity (Wildman–Crippen MR) is 156 cm³/mol. The van der Waals surface area contributed by atoms with E-state index in [1.165, 1.54) is 6.08 Å². The molecule has 0 unspecified atom stereocenters. The molecule has 2 aromatic rings. The monoisotopic (exact) mass is 555 g/mol. The zero-order valence-corrected chi connectivity index (χ0v) is 23.3. The smallest absolute Gasteiger partial charge is 0.246 e. The van der Waals surface area contributed by atoms with Crippen LogP contribution in [0, 0.1) is 11.3 Å². The Kier molecular flexibility index (Phi) is 8.87. The summed E-state index contributed by atoms with van der Waals surface area (Å²) in [5.41, 5.74) is 2.98. The summed E-state index contributed by atoms with van der Waals surface area (Å²) in [6, 6.07) is 15.6. The van der Waals surface area contributed by atoms with E-state index in [-0.39, 0.29) is 36.2 Å². The van der Waals surface area contributed by atoms with Gasteiger partial charge in [-0.25, -0.2) is 0 Å². The Morgan fingerprint density at radius 2 is 1.73 bits per heavy atom. The second-order valence-corrected chi connectivity index (χ2v) is 11.1. The highest BCUT2D eigenvalue weighted by Crippen LogP contribution is 2.38. The average molecular weight is 556 g/mol. The molecule has 2 amide bonds. The third kappa shape index (κ3) is 6.70. The van der Waals surface area contributed by atoms with E-state index in [0.29, 0.717) is 37.5 Å². The van der Waals surface area contributed by atoms with Crippen LogP contribution in [0.25, 0.3) is 17.2 Å². The van der Waals surface area contributed by atoms with Gasteiger partial charge in [-0.2, -0.15) is 5.26 Å². The van der Waals surface area contributed by atoms with Gasteiger partial charge in [0.25, 0.3) is 0 Å². The van der Waals surface area contributed by atoms with E-state index in [4.69, 9.17) is 9.47 Å². The topological polar surface area (TPSA) is 103 Å². The van der Waals surface area contributed by atoms with Crippen molar-refractivity contribution in [2.75, 3.05) is 32.8 Å². The molecule has 8 heteroatoms. The lowest BCUT2D eigenvalue weighted by molar-refractivity contribution is -0.133. The Hall–Kier alpha value is -3.93. The lowest BCUT2D eigenvalue weighted by atomic mass is 9.88. The number of ether oxygens (including phenoxy) is 2. The maximum Gasteiger partial charge on any atom is 0.246 e. The van der Waals surface area contributed by atoms with E-state index in [9.17, 15) is 20.0 Å². The van der Waals surface area contributed by atoms with Crippen molar-refractivity contribution in [3.8, 4) is 22.9 Å². The zero-order chi connectivity index (χ0) is 28.8. The van der Waals surface area contributed by atoms with Crippen molar-refractivity contribution in [1.82, 2.24) is 9.80 Å². The number of piperidine rings is 2. The highest BCUT2D eigenvalue weighted by molar-refractivity contribution is 5.92. The molecule has 0 aliphatic carbocycles. The summed E-state index contributed by atoms with van der Waals surface area (Å²) in [7, 11) is 0. The molecule has 0 bridgehead atoms. The van der Waals surface area contributed by atoms with Crippen LogP contribution in [0.1, 0.15) is 49.7 Å². The van der Waals surface area contributed by atoms with E-state index in [2.05, 4.69) is 12.6 Å². The summed E-state index contributed by atoms with van der Waals surface area (Å²) >= 11 is 0. The summed E-state index contributed by atoms with van der Waals surface area (Å²) in [5, 5.41) is 19.2. The highest BCUT2D eigenvalue weighted by atomic mass is 16.5. The van der Waals surface area contributed by atoms with Gasteiger partial charge in [-0.05, 0) is 72.7 Å². The first kappa shape index (κ1) is 28.6. The molecule has 3 aliphatic heterocycles. The fourth-order valence-corrected chi connectivity index (χ4v) is 6.03. The first-order valence-electron chi connectivity index (χ1n) is 14.4. The van der Waals surface area contributed by atoms with Crippen molar-refractivity contribution in [2.45, 2.75) is 56.3 Å². The number of likely N-dealkylation sites (tertiary alicyclic amines) is 2. The van der Waals surface area contributed by atoms with Gasteiger partial charge in [0, 0.05) is 45.1 Å². The molecule has 3 saturated heterocycles. The molecule has 2 aromatic carbocycles. The minimum atomic E-state index is -0.179. The second kappa shape index (κ2) is 12.7. The van der Waals surface area contributed by atoms with Gasteiger partial charge in [0.1, 0.15) is 11.9 Å². The number of hydrogen-bond acceptors (Lipinski definition) is 6. The third-order valence-electron chi connectivity index (χ3n) is 8.51. The number of hydrogen-bond donors (Lipinski definition) is 1.